The molecule has 1 atom stereocenters. The van der Waals surface area contributed by atoms with Gasteiger partial charge in [0.05, 0.1) is 11.5 Å². The zero-order valence-corrected chi connectivity index (χ0v) is 12.9. The lowest BCUT2D eigenvalue weighted by atomic mass is 10.2. The second kappa shape index (κ2) is 7.08. The summed E-state index contributed by atoms with van der Waals surface area (Å²) in [7, 11) is 3.99. The first-order valence-corrected chi connectivity index (χ1v) is 7.45. The second-order valence-corrected chi connectivity index (χ2v) is 5.95. The van der Waals surface area contributed by atoms with Crippen molar-refractivity contribution in [2.24, 2.45) is 10.2 Å². The largest absolute Gasteiger partial charge is 0.378 e. The smallest absolute Gasteiger partial charge is 0.239 e. The Balaban J connectivity index is 1.97. The van der Waals surface area contributed by atoms with Gasteiger partial charge in [-0.25, -0.2) is 0 Å². The van der Waals surface area contributed by atoms with Crippen LogP contribution in [0.5, 0.6) is 0 Å². The highest BCUT2D eigenvalue weighted by Crippen LogP contribution is 2.22. The molecule has 6 heteroatoms. The van der Waals surface area contributed by atoms with Gasteiger partial charge in [0, 0.05) is 19.8 Å². The molecule has 1 N–H and O–H groups in total. The molecule has 1 heterocycles. The van der Waals surface area contributed by atoms with Gasteiger partial charge in [0.15, 0.2) is 5.17 Å². The van der Waals surface area contributed by atoms with Gasteiger partial charge in [-0.15, -0.1) is 11.7 Å². The zero-order chi connectivity index (χ0) is 15.2. The number of amides is 1. The van der Waals surface area contributed by atoms with E-state index in [4.69, 9.17) is 0 Å². The summed E-state index contributed by atoms with van der Waals surface area (Å²) in [6.45, 7) is 3.64. The maximum Gasteiger partial charge on any atom is 0.239 e. The Labute approximate surface area is 128 Å². The van der Waals surface area contributed by atoms with Crippen LogP contribution >= 0.6 is 11.8 Å². The molecule has 1 aliphatic rings. The number of carbonyl (C=O) groups is 1. The molecule has 1 aromatic rings. The molecule has 0 bridgehead atoms. The van der Waals surface area contributed by atoms with Crippen LogP contribution < -0.4 is 10.2 Å². The Morgan fingerprint density at radius 3 is 2.71 bits per heavy atom. The van der Waals surface area contributed by atoms with E-state index in [1.165, 1.54) is 11.8 Å². The minimum absolute atomic E-state index is 0.0378. The molecule has 0 radical (unpaired) electrons. The van der Waals surface area contributed by atoms with Crippen LogP contribution in [0.2, 0.25) is 0 Å². The molecule has 1 saturated heterocycles. The molecule has 1 aromatic carbocycles. The lowest BCUT2D eigenvalue weighted by molar-refractivity contribution is -0.118. The van der Waals surface area contributed by atoms with Gasteiger partial charge in [0.25, 0.3) is 0 Å². The van der Waals surface area contributed by atoms with E-state index in [2.05, 4.69) is 22.1 Å². The predicted octanol–water partition coefficient (Wildman–Crippen LogP) is 2.25. The molecule has 0 aromatic heterocycles. The summed E-state index contributed by atoms with van der Waals surface area (Å²) in [5.74, 6) is -0.0378. The van der Waals surface area contributed by atoms with Gasteiger partial charge >= 0.3 is 0 Å². The van der Waals surface area contributed by atoms with Crippen molar-refractivity contribution in [3.8, 4) is 0 Å². The van der Waals surface area contributed by atoms with Crippen LogP contribution in [-0.4, -0.2) is 36.6 Å². The minimum Gasteiger partial charge on any atom is -0.378 e. The first kappa shape index (κ1) is 15.3. The summed E-state index contributed by atoms with van der Waals surface area (Å²) in [5, 5.41) is 11.1. The lowest BCUT2D eigenvalue weighted by Crippen LogP contribution is -2.24. The summed E-state index contributed by atoms with van der Waals surface area (Å²) in [6, 6.07) is 7.97. The van der Waals surface area contributed by atoms with Crippen molar-refractivity contribution in [3.05, 3.63) is 42.5 Å². The van der Waals surface area contributed by atoms with Crippen molar-refractivity contribution in [1.29, 1.82) is 0 Å². The Bertz CT molecular complexity index is 578. The van der Waals surface area contributed by atoms with E-state index in [9.17, 15) is 4.79 Å². The number of hydrogen-bond acceptors (Lipinski definition) is 5. The number of nitrogens with one attached hydrogen (secondary N) is 1. The predicted molar refractivity (Wildman–Crippen MR) is 90.1 cm³/mol. The van der Waals surface area contributed by atoms with Crippen molar-refractivity contribution < 1.29 is 4.79 Å². The van der Waals surface area contributed by atoms with Crippen molar-refractivity contribution in [2.45, 2.75) is 11.7 Å². The Kier molecular flexibility index (Phi) is 5.16. The average Bonchev–Trinajstić information content (AvgIpc) is 2.80. The molecule has 0 aliphatic carbocycles. The number of allylic oxidation sites excluding steroid dienone is 1. The Morgan fingerprint density at radius 1 is 1.38 bits per heavy atom. The van der Waals surface area contributed by atoms with Crippen LogP contribution in [0, 0.1) is 0 Å². The number of thioether (sulfide) groups is 1. The first-order valence-electron chi connectivity index (χ1n) is 6.57. The fraction of sp³-hybridized carbons (Fsp3) is 0.267. The molecule has 0 spiro atoms. The van der Waals surface area contributed by atoms with Crippen molar-refractivity contribution in [2.75, 3.05) is 19.0 Å². The third kappa shape index (κ3) is 4.19. The van der Waals surface area contributed by atoms with E-state index in [0.717, 1.165) is 11.3 Å². The minimum atomic E-state index is -0.143. The van der Waals surface area contributed by atoms with Gasteiger partial charge in [-0.05, 0) is 24.1 Å². The molecule has 5 nitrogen and oxygen atoms in total. The maximum atomic E-state index is 11.6. The van der Waals surface area contributed by atoms with Crippen molar-refractivity contribution in [3.63, 3.8) is 0 Å². The van der Waals surface area contributed by atoms with Crippen LogP contribution in [-0.2, 0) is 4.79 Å². The third-order valence-electron chi connectivity index (χ3n) is 2.92. The highest BCUT2D eigenvalue weighted by atomic mass is 32.2. The molecule has 1 aliphatic heterocycles. The molecule has 1 fully saturated rings. The van der Waals surface area contributed by atoms with Gasteiger partial charge in [-0.2, -0.15) is 5.10 Å². The first-order chi connectivity index (χ1) is 10.1. The Hall–Kier alpha value is -2.08. The van der Waals surface area contributed by atoms with Crippen molar-refractivity contribution in [1.82, 2.24) is 5.32 Å². The van der Waals surface area contributed by atoms with Gasteiger partial charge < -0.3 is 10.2 Å². The normalized spacial score (nSPS) is 20.0. The highest BCUT2D eigenvalue weighted by molar-refractivity contribution is 8.15. The number of carbonyl (C=O) groups excluding carboxylic acids is 1. The number of rotatable bonds is 5. The van der Waals surface area contributed by atoms with E-state index in [1.807, 2.05) is 43.3 Å². The molecule has 110 valence electrons. The SMILES string of the molecule is C=CC[C@H]1SC(=NN=Cc2ccc(N(C)C)cc2)NC1=O. The number of hydrogen-bond donors (Lipinski definition) is 1. The van der Waals surface area contributed by atoms with Crippen LogP contribution in [0.15, 0.2) is 47.1 Å². The quantitative estimate of drug-likeness (QED) is 0.515. The number of benzene rings is 1. The van der Waals surface area contributed by atoms with E-state index in [1.54, 1.807) is 12.3 Å². The van der Waals surface area contributed by atoms with Gasteiger partial charge in [-0.1, -0.05) is 30.0 Å². The van der Waals surface area contributed by atoms with Crippen LogP contribution in [0.3, 0.4) is 0 Å². The molecule has 2 rings (SSSR count). The molecule has 0 saturated carbocycles. The molecular formula is C15H18N4OS. The van der Waals surface area contributed by atoms with E-state index < -0.39 is 0 Å². The monoisotopic (exact) mass is 302 g/mol. The third-order valence-corrected chi connectivity index (χ3v) is 4.02. The summed E-state index contributed by atoms with van der Waals surface area (Å²) >= 11 is 1.38. The van der Waals surface area contributed by atoms with Crippen molar-refractivity contribution >= 4 is 34.7 Å². The van der Waals surface area contributed by atoms with Gasteiger partial charge in [-0.3, -0.25) is 4.79 Å². The van der Waals surface area contributed by atoms with Crippen LogP contribution in [0.4, 0.5) is 5.69 Å². The molecule has 1 amide bonds. The molecular weight excluding hydrogens is 284 g/mol. The fourth-order valence-electron chi connectivity index (χ4n) is 1.77. The maximum absolute atomic E-state index is 11.6. The molecule has 0 unspecified atom stereocenters. The summed E-state index contributed by atoms with van der Waals surface area (Å²) in [6.07, 6.45) is 4.03. The lowest BCUT2D eigenvalue weighted by Gasteiger charge is -2.11. The average molecular weight is 302 g/mol. The number of anilines is 1. The van der Waals surface area contributed by atoms with Crippen LogP contribution in [0.25, 0.3) is 0 Å². The highest BCUT2D eigenvalue weighted by Gasteiger charge is 2.28. The van der Waals surface area contributed by atoms with E-state index in [-0.39, 0.29) is 11.2 Å². The Morgan fingerprint density at radius 2 is 2.10 bits per heavy atom. The number of nitrogens with zero attached hydrogens (tertiary/aromatic N) is 3. The summed E-state index contributed by atoms with van der Waals surface area (Å²) in [4.78, 5) is 13.6. The van der Waals surface area contributed by atoms with E-state index >= 15 is 0 Å². The fourth-order valence-corrected chi connectivity index (χ4v) is 2.69. The van der Waals surface area contributed by atoms with E-state index in [0.29, 0.717) is 11.6 Å². The molecule has 21 heavy (non-hydrogen) atoms. The van der Waals surface area contributed by atoms with Crippen LogP contribution in [0.1, 0.15) is 12.0 Å². The second-order valence-electron chi connectivity index (χ2n) is 4.76. The van der Waals surface area contributed by atoms with Gasteiger partial charge in [0.2, 0.25) is 5.91 Å². The number of amidine groups is 1. The topological polar surface area (TPSA) is 57.1 Å². The van der Waals surface area contributed by atoms with Gasteiger partial charge in [0.1, 0.15) is 0 Å². The summed E-state index contributed by atoms with van der Waals surface area (Å²) < 4.78 is 0. The summed E-state index contributed by atoms with van der Waals surface area (Å²) in [5.41, 5.74) is 2.09. The zero-order valence-electron chi connectivity index (χ0n) is 12.1. The standard InChI is InChI=1S/C15H18N4OS/c1-4-5-13-14(20)17-15(21-13)18-16-10-11-6-8-12(9-7-11)19(2)3/h4,6-10,13H,1,5H2,2-3H3,(H,17,18,20)/t13-/m1/s1.